The van der Waals surface area contributed by atoms with E-state index in [0.29, 0.717) is 29.8 Å². The first-order valence-electron chi connectivity index (χ1n) is 6.42. The molecule has 0 fully saturated rings. The Hall–Kier alpha value is -2.90. The number of rotatable bonds is 5. The zero-order valence-electron chi connectivity index (χ0n) is 11.7. The molecule has 21 heavy (non-hydrogen) atoms. The number of nitrogens with zero attached hydrogens (tertiary/aromatic N) is 4. The Kier molecular flexibility index (Phi) is 3.50. The number of hydrogen-bond donors (Lipinski definition) is 3. The Morgan fingerprint density at radius 3 is 2.86 bits per heavy atom. The number of fused-ring (bicyclic) bond motifs is 1. The molecule has 0 bridgehead atoms. The Balaban J connectivity index is 1.81. The highest BCUT2D eigenvalue weighted by atomic mass is 16.5. The van der Waals surface area contributed by atoms with Gasteiger partial charge in [-0.05, 0) is 5.56 Å². The molecular formula is C13H15N7O. The number of hydrogen-bond acceptors (Lipinski definition) is 7. The smallest absolute Gasteiger partial charge is 0.226 e. The summed E-state index contributed by atoms with van der Waals surface area (Å²) in [6.45, 7) is 0.589. The molecule has 3 N–H and O–H groups in total. The van der Waals surface area contributed by atoms with Crippen LogP contribution >= 0.6 is 0 Å². The van der Waals surface area contributed by atoms with Crippen molar-refractivity contribution in [2.45, 2.75) is 6.54 Å². The van der Waals surface area contributed by atoms with Gasteiger partial charge >= 0.3 is 0 Å². The fourth-order valence-electron chi connectivity index (χ4n) is 1.89. The summed E-state index contributed by atoms with van der Waals surface area (Å²) in [6.07, 6.45) is 3.36. The maximum Gasteiger partial charge on any atom is 0.226 e. The molecule has 3 aromatic heterocycles. The predicted octanol–water partition coefficient (Wildman–Crippen LogP) is 1.41. The second kappa shape index (κ2) is 5.61. The van der Waals surface area contributed by atoms with E-state index in [4.69, 9.17) is 4.74 Å². The average Bonchev–Trinajstić information content (AvgIpc) is 3.01. The van der Waals surface area contributed by atoms with Crippen molar-refractivity contribution in [1.29, 1.82) is 0 Å². The lowest BCUT2D eigenvalue weighted by Crippen LogP contribution is -2.06. The van der Waals surface area contributed by atoms with Gasteiger partial charge in [-0.1, -0.05) is 6.07 Å². The van der Waals surface area contributed by atoms with Gasteiger partial charge in [0, 0.05) is 25.9 Å². The Morgan fingerprint density at radius 1 is 1.24 bits per heavy atom. The average molecular weight is 285 g/mol. The van der Waals surface area contributed by atoms with Crippen molar-refractivity contribution < 1.29 is 4.74 Å². The number of pyridine rings is 1. The van der Waals surface area contributed by atoms with Crippen molar-refractivity contribution in [3.63, 3.8) is 0 Å². The molecule has 0 saturated heterocycles. The normalized spacial score (nSPS) is 10.6. The van der Waals surface area contributed by atoms with Crippen LogP contribution in [0.25, 0.3) is 11.2 Å². The molecule has 0 aliphatic carbocycles. The molecule has 8 heteroatoms. The Bertz CT molecular complexity index is 738. The van der Waals surface area contributed by atoms with Crippen molar-refractivity contribution in [1.82, 2.24) is 24.9 Å². The van der Waals surface area contributed by atoms with Crippen LogP contribution in [0.5, 0.6) is 5.88 Å². The van der Waals surface area contributed by atoms with E-state index in [1.807, 2.05) is 12.1 Å². The summed E-state index contributed by atoms with van der Waals surface area (Å²) in [4.78, 5) is 20.0. The predicted molar refractivity (Wildman–Crippen MR) is 79.3 cm³/mol. The van der Waals surface area contributed by atoms with E-state index in [1.165, 1.54) is 0 Å². The first kappa shape index (κ1) is 13.1. The van der Waals surface area contributed by atoms with Gasteiger partial charge in [0.25, 0.3) is 0 Å². The van der Waals surface area contributed by atoms with Gasteiger partial charge in [-0.25, -0.2) is 9.97 Å². The summed E-state index contributed by atoms with van der Waals surface area (Å²) in [6, 6.07) is 3.77. The molecule has 8 nitrogen and oxygen atoms in total. The van der Waals surface area contributed by atoms with Crippen LogP contribution in [0.15, 0.2) is 24.7 Å². The zero-order chi connectivity index (χ0) is 14.7. The quantitative estimate of drug-likeness (QED) is 0.651. The highest BCUT2D eigenvalue weighted by Gasteiger charge is 2.09. The van der Waals surface area contributed by atoms with E-state index in [1.54, 1.807) is 26.7 Å². The minimum atomic E-state index is 0.518. The highest BCUT2D eigenvalue weighted by Crippen LogP contribution is 2.19. The maximum absolute atomic E-state index is 5.04. The molecular weight excluding hydrogens is 270 g/mol. The molecule has 108 valence electrons. The lowest BCUT2D eigenvalue weighted by atomic mass is 10.3. The molecule has 0 spiro atoms. The number of aromatic amines is 1. The van der Waals surface area contributed by atoms with Crippen LogP contribution in [-0.4, -0.2) is 39.1 Å². The van der Waals surface area contributed by atoms with Crippen LogP contribution in [0.3, 0.4) is 0 Å². The fourth-order valence-corrected chi connectivity index (χ4v) is 1.89. The Morgan fingerprint density at radius 2 is 2.14 bits per heavy atom. The van der Waals surface area contributed by atoms with Gasteiger partial charge in [-0.15, -0.1) is 0 Å². The number of nitrogens with one attached hydrogen (secondary N) is 3. The third kappa shape index (κ3) is 2.69. The minimum absolute atomic E-state index is 0.518. The van der Waals surface area contributed by atoms with Gasteiger partial charge in [0.05, 0.1) is 13.4 Å². The van der Waals surface area contributed by atoms with E-state index >= 15 is 0 Å². The topological polar surface area (TPSA) is 101 Å². The van der Waals surface area contributed by atoms with Crippen LogP contribution in [0.1, 0.15) is 5.56 Å². The van der Waals surface area contributed by atoms with E-state index in [2.05, 4.69) is 35.6 Å². The largest absolute Gasteiger partial charge is 0.481 e. The molecule has 0 atom stereocenters. The van der Waals surface area contributed by atoms with E-state index in [0.717, 1.165) is 11.1 Å². The third-order valence-corrected chi connectivity index (χ3v) is 2.98. The summed E-state index contributed by atoms with van der Waals surface area (Å²) in [7, 11) is 3.36. The molecule has 0 radical (unpaired) electrons. The van der Waals surface area contributed by atoms with Crippen LogP contribution in [-0.2, 0) is 6.54 Å². The van der Waals surface area contributed by atoms with Gasteiger partial charge in [0.15, 0.2) is 11.5 Å². The summed E-state index contributed by atoms with van der Waals surface area (Å²) in [5.41, 5.74) is 2.41. The summed E-state index contributed by atoms with van der Waals surface area (Å²) < 4.78 is 5.04. The second-order valence-corrected chi connectivity index (χ2v) is 4.31. The van der Waals surface area contributed by atoms with E-state index < -0.39 is 0 Å². The standard InChI is InChI=1S/C13H15N7O/c1-14-13-19-11(10-12(20-13)18-7-17-10)16-6-8-3-4-9(21-2)15-5-8/h3-5,7H,6H2,1-2H3,(H3,14,16,17,18,19,20). The SMILES string of the molecule is CNc1nc(NCc2ccc(OC)nc2)c2[nH]cnc2n1. The van der Waals surface area contributed by atoms with Crippen LogP contribution < -0.4 is 15.4 Å². The first-order valence-corrected chi connectivity index (χ1v) is 6.42. The molecule has 3 rings (SSSR count). The second-order valence-electron chi connectivity index (χ2n) is 4.31. The van der Waals surface area contributed by atoms with E-state index in [9.17, 15) is 0 Å². The molecule has 3 heterocycles. The lowest BCUT2D eigenvalue weighted by Gasteiger charge is -2.08. The third-order valence-electron chi connectivity index (χ3n) is 2.98. The maximum atomic E-state index is 5.04. The van der Waals surface area contributed by atoms with Crippen molar-refractivity contribution in [3.8, 4) is 5.88 Å². The van der Waals surface area contributed by atoms with Crippen molar-refractivity contribution in [3.05, 3.63) is 30.2 Å². The number of H-pyrrole nitrogens is 1. The van der Waals surface area contributed by atoms with Gasteiger partial charge in [0.2, 0.25) is 11.8 Å². The number of imidazole rings is 1. The molecule has 0 amide bonds. The zero-order valence-corrected chi connectivity index (χ0v) is 11.7. The molecule has 3 aromatic rings. The van der Waals surface area contributed by atoms with Crippen molar-refractivity contribution in [2.24, 2.45) is 0 Å². The number of aromatic nitrogens is 5. The van der Waals surface area contributed by atoms with Gasteiger partial charge in [-0.3, -0.25) is 0 Å². The number of anilines is 2. The van der Waals surface area contributed by atoms with Gasteiger partial charge < -0.3 is 20.4 Å². The molecule has 0 unspecified atom stereocenters. The van der Waals surface area contributed by atoms with Gasteiger partial charge in [-0.2, -0.15) is 9.97 Å². The minimum Gasteiger partial charge on any atom is -0.481 e. The van der Waals surface area contributed by atoms with Crippen LogP contribution in [0.2, 0.25) is 0 Å². The van der Waals surface area contributed by atoms with E-state index in [-0.39, 0.29) is 0 Å². The molecule has 0 aromatic carbocycles. The number of ether oxygens (including phenoxy) is 1. The highest BCUT2D eigenvalue weighted by molar-refractivity contribution is 5.83. The summed E-state index contributed by atoms with van der Waals surface area (Å²) >= 11 is 0. The molecule has 0 aliphatic heterocycles. The van der Waals surface area contributed by atoms with Crippen molar-refractivity contribution in [2.75, 3.05) is 24.8 Å². The number of methoxy groups -OCH3 is 1. The monoisotopic (exact) mass is 285 g/mol. The van der Waals surface area contributed by atoms with Crippen molar-refractivity contribution >= 4 is 22.9 Å². The first-order chi connectivity index (χ1) is 10.3. The van der Waals surface area contributed by atoms with Crippen LogP contribution in [0, 0.1) is 0 Å². The molecule has 0 aliphatic rings. The molecule has 0 saturated carbocycles. The van der Waals surface area contributed by atoms with Gasteiger partial charge in [0.1, 0.15) is 5.52 Å². The summed E-state index contributed by atoms with van der Waals surface area (Å²) in [5.74, 6) is 1.80. The lowest BCUT2D eigenvalue weighted by molar-refractivity contribution is 0.397. The summed E-state index contributed by atoms with van der Waals surface area (Å²) in [5, 5.41) is 6.18. The van der Waals surface area contributed by atoms with Crippen LogP contribution in [0.4, 0.5) is 11.8 Å². The fraction of sp³-hybridized carbons (Fsp3) is 0.231. The Labute approximate surface area is 121 Å².